The Morgan fingerprint density at radius 2 is 1.95 bits per heavy atom. The van der Waals surface area contributed by atoms with Gasteiger partial charge < -0.3 is 20.1 Å². The molecular formula is C16H26N2O2. The molecule has 1 heterocycles. The molecule has 1 aromatic carbocycles. The van der Waals surface area contributed by atoms with Crippen molar-refractivity contribution in [2.45, 2.75) is 32.2 Å². The summed E-state index contributed by atoms with van der Waals surface area (Å²) < 4.78 is 5.11. The summed E-state index contributed by atoms with van der Waals surface area (Å²) in [5, 5.41) is 13.4. The number of ether oxygens (including phenoxy) is 1. The first-order valence-electron chi connectivity index (χ1n) is 7.59. The lowest BCUT2D eigenvalue weighted by Gasteiger charge is -2.20. The summed E-state index contributed by atoms with van der Waals surface area (Å²) >= 11 is 0. The number of hydrogen-bond donors (Lipinski definition) is 2. The standard InChI is InChI=1S/C16H26N2O2/c1-20-15-8-6-7-14(16(15)19)13-17-9-12-18-10-4-2-3-5-11-18/h6-8,17,19H,2-5,9-13H2,1H3. The number of methoxy groups -OCH3 is 1. The van der Waals surface area contributed by atoms with E-state index in [1.165, 1.54) is 38.8 Å². The highest BCUT2D eigenvalue weighted by atomic mass is 16.5. The molecule has 0 atom stereocenters. The molecule has 0 bridgehead atoms. The van der Waals surface area contributed by atoms with Gasteiger partial charge in [0, 0.05) is 25.2 Å². The third-order valence-corrected chi connectivity index (χ3v) is 3.92. The molecule has 0 spiro atoms. The van der Waals surface area contributed by atoms with Crippen LogP contribution in [0.5, 0.6) is 11.5 Å². The van der Waals surface area contributed by atoms with E-state index in [2.05, 4.69) is 10.2 Å². The molecule has 1 aromatic rings. The van der Waals surface area contributed by atoms with Gasteiger partial charge in [-0.1, -0.05) is 25.0 Å². The summed E-state index contributed by atoms with van der Waals surface area (Å²) in [6, 6.07) is 5.61. The fourth-order valence-electron chi connectivity index (χ4n) is 2.70. The predicted octanol–water partition coefficient (Wildman–Crippen LogP) is 2.37. The number of benzene rings is 1. The second kappa shape index (κ2) is 8.12. The van der Waals surface area contributed by atoms with E-state index < -0.39 is 0 Å². The van der Waals surface area contributed by atoms with Gasteiger partial charge in [0.1, 0.15) is 0 Å². The zero-order chi connectivity index (χ0) is 14.2. The van der Waals surface area contributed by atoms with Crippen molar-refractivity contribution in [3.63, 3.8) is 0 Å². The summed E-state index contributed by atoms with van der Waals surface area (Å²) in [6.07, 6.45) is 5.41. The lowest BCUT2D eigenvalue weighted by atomic mass is 10.2. The summed E-state index contributed by atoms with van der Waals surface area (Å²) in [4.78, 5) is 2.53. The van der Waals surface area contributed by atoms with Crippen molar-refractivity contribution in [1.29, 1.82) is 0 Å². The maximum Gasteiger partial charge on any atom is 0.162 e. The van der Waals surface area contributed by atoms with Crippen LogP contribution in [0.2, 0.25) is 0 Å². The minimum absolute atomic E-state index is 0.247. The molecule has 0 radical (unpaired) electrons. The first-order chi connectivity index (χ1) is 9.81. The molecule has 1 aliphatic heterocycles. The average molecular weight is 278 g/mol. The normalized spacial score (nSPS) is 16.9. The fourth-order valence-corrected chi connectivity index (χ4v) is 2.70. The Morgan fingerprint density at radius 1 is 1.20 bits per heavy atom. The third kappa shape index (κ3) is 4.39. The second-order valence-corrected chi connectivity index (χ2v) is 5.40. The van der Waals surface area contributed by atoms with E-state index in [9.17, 15) is 5.11 Å². The quantitative estimate of drug-likeness (QED) is 0.784. The lowest BCUT2D eigenvalue weighted by Crippen LogP contribution is -2.32. The third-order valence-electron chi connectivity index (χ3n) is 3.92. The van der Waals surface area contributed by atoms with E-state index in [1.807, 2.05) is 12.1 Å². The van der Waals surface area contributed by atoms with Gasteiger partial charge in [0.25, 0.3) is 0 Å². The zero-order valence-electron chi connectivity index (χ0n) is 12.4. The SMILES string of the molecule is COc1cccc(CNCCN2CCCCCC2)c1O. The molecule has 0 saturated carbocycles. The number of phenols is 1. The molecule has 1 aliphatic rings. The summed E-state index contributed by atoms with van der Waals surface area (Å²) in [6.45, 7) is 5.18. The van der Waals surface area contributed by atoms with Crippen molar-refractivity contribution in [3.8, 4) is 11.5 Å². The van der Waals surface area contributed by atoms with Gasteiger partial charge in [-0.05, 0) is 32.0 Å². The maximum atomic E-state index is 10.00. The maximum absolute atomic E-state index is 10.00. The number of nitrogens with zero attached hydrogens (tertiary/aromatic N) is 1. The number of para-hydroxylation sites is 1. The Balaban J connectivity index is 1.73. The Labute approximate surface area is 121 Å². The van der Waals surface area contributed by atoms with Crippen LogP contribution in [0.15, 0.2) is 18.2 Å². The number of aromatic hydroxyl groups is 1. The molecule has 4 nitrogen and oxygen atoms in total. The molecule has 2 rings (SSSR count). The highest BCUT2D eigenvalue weighted by Crippen LogP contribution is 2.28. The van der Waals surface area contributed by atoms with Crippen molar-refractivity contribution < 1.29 is 9.84 Å². The Hall–Kier alpha value is -1.26. The molecule has 0 amide bonds. The molecule has 0 aliphatic carbocycles. The van der Waals surface area contributed by atoms with Crippen LogP contribution in [0, 0.1) is 0 Å². The van der Waals surface area contributed by atoms with Crippen LogP contribution in [0.25, 0.3) is 0 Å². The Kier molecular flexibility index (Phi) is 6.15. The number of nitrogens with one attached hydrogen (secondary N) is 1. The van der Waals surface area contributed by atoms with Crippen LogP contribution in [0.1, 0.15) is 31.2 Å². The van der Waals surface area contributed by atoms with Crippen molar-refractivity contribution in [2.24, 2.45) is 0 Å². The largest absolute Gasteiger partial charge is 0.504 e. The smallest absolute Gasteiger partial charge is 0.162 e. The fraction of sp³-hybridized carbons (Fsp3) is 0.625. The molecule has 2 N–H and O–H groups in total. The van der Waals surface area contributed by atoms with Crippen LogP contribution in [0.4, 0.5) is 0 Å². The molecule has 112 valence electrons. The van der Waals surface area contributed by atoms with Gasteiger partial charge >= 0.3 is 0 Å². The van der Waals surface area contributed by atoms with Crippen molar-refractivity contribution >= 4 is 0 Å². The van der Waals surface area contributed by atoms with Crippen molar-refractivity contribution in [2.75, 3.05) is 33.3 Å². The zero-order valence-corrected chi connectivity index (χ0v) is 12.4. The topological polar surface area (TPSA) is 44.7 Å². The van der Waals surface area contributed by atoms with E-state index in [1.54, 1.807) is 13.2 Å². The number of likely N-dealkylation sites (tertiary alicyclic amines) is 1. The van der Waals surface area contributed by atoms with Gasteiger partial charge in [0.05, 0.1) is 7.11 Å². The Bertz CT molecular complexity index is 401. The first-order valence-corrected chi connectivity index (χ1v) is 7.59. The van der Waals surface area contributed by atoms with Gasteiger partial charge in [0.2, 0.25) is 0 Å². The van der Waals surface area contributed by atoms with E-state index in [4.69, 9.17) is 4.74 Å². The molecule has 1 saturated heterocycles. The lowest BCUT2D eigenvalue weighted by molar-refractivity contribution is 0.283. The highest BCUT2D eigenvalue weighted by Gasteiger charge is 2.09. The highest BCUT2D eigenvalue weighted by molar-refractivity contribution is 5.45. The summed E-state index contributed by atoms with van der Waals surface area (Å²) in [7, 11) is 1.57. The van der Waals surface area contributed by atoms with Crippen molar-refractivity contribution in [3.05, 3.63) is 23.8 Å². The molecule has 0 unspecified atom stereocenters. The Morgan fingerprint density at radius 3 is 2.65 bits per heavy atom. The van der Waals surface area contributed by atoms with Gasteiger partial charge in [-0.25, -0.2) is 0 Å². The van der Waals surface area contributed by atoms with Crippen molar-refractivity contribution in [1.82, 2.24) is 10.2 Å². The predicted molar refractivity (Wildman–Crippen MR) is 81.3 cm³/mol. The molecule has 1 fully saturated rings. The van der Waals surface area contributed by atoms with E-state index in [-0.39, 0.29) is 5.75 Å². The van der Waals surface area contributed by atoms with Gasteiger partial charge in [-0.15, -0.1) is 0 Å². The average Bonchev–Trinajstić information content (AvgIpc) is 2.74. The molecule has 4 heteroatoms. The van der Waals surface area contributed by atoms with E-state index >= 15 is 0 Å². The molecule has 20 heavy (non-hydrogen) atoms. The monoisotopic (exact) mass is 278 g/mol. The van der Waals surface area contributed by atoms with E-state index in [0.717, 1.165) is 18.7 Å². The van der Waals surface area contributed by atoms with Gasteiger partial charge in [0.15, 0.2) is 11.5 Å². The van der Waals surface area contributed by atoms with Gasteiger partial charge in [-0.2, -0.15) is 0 Å². The second-order valence-electron chi connectivity index (χ2n) is 5.40. The van der Waals surface area contributed by atoms with E-state index in [0.29, 0.717) is 12.3 Å². The molecular weight excluding hydrogens is 252 g/mol. The van der Waals surface area contributed by atoms with Crippen LogP contribution >= 0.6 is 0 Å². The number of rotatable bonds is 6. The number of phenolic OH excluding ortho intramolecular Hbond substituents is 1. The molecule has 0 aromatic heterocycles. The number of hydrogen-bond acceptors (Lipinski definition) is 4. The van der Waals surface area contributed by atoms with Crippen LogP contribution in [-0.4, -0.2) is 43.3 Å². The minimum atomic E-state index is 0.247. The summed E-state index contributed by atoms with van der Waals surface area (Å²) in [5.41, 5.74) is 0.889. The summed E-state index contributed by atoms with van der Waals surface area (Å²) in [5.74, 6) is 0.786. The van der Waals surface area contributed by atoms with Crippen LogP contribution < -0.4 is 10.1 Å². The van der Waals surface area contributed by atoms with Crippen LogP contribution in [-0.2, 0) is 6.54 Å². The van der Waals surface area contributed by atoms with Crippen LogP contribution in [0.3, 0.4) is 0 Å². The van der Waals surface area contributed by atoms with Gasteiger partial charge in [-0.3, -0.25) is 0 Å². The first kappa shape index (κ1) is 15.1. The minimum Gasteiger partial charge on any atom is -0.504 e.